The number of benzene rings is 1. The van der Waals surface area contributed by atoms with Gasteiger partial charge in [-0.25, -0.2) is 4.79 Å². The number of nitrogens with zero attached hydrogens (tertiary/aromatic N) is 2. The van der Waals surface area contributed by atoms with Crippen LogP contribution in [0, 0.1) is 13.8 Å². The quantitative estimate of drug-likeness (QED) is 0.401. The summed E-state index contributed by atoms with van der Waals surface area (Å²) in [6.07, 6.45) is 3.18. The number of pyridine rings is 1. The second kappa shape index (κ2) is 5.97. The zero-order valence-corrected chi connectivity index (χ0v) is 11.3. The molecule has 0 aliphatic carbocycles. The fourth-order valence-corrected chi connectivity index (χ4v) is 1.67. The number of oxime groups is 1. The van der Waals surface area contributed by atoms with Crippen molar-refractivity contribution in [1.29, 1.82) is 0 Å². The number of hydrogen-bond donors (Lipinski definition) is 1. The molecule has 0 aliphatic rings. The van der Waals surface area contributed by atoms with Gasteiger partial charge in [0.2, 0.25) is 0 Å². The van der Waals surface area contributed by atoms with Crippen molar-refractivity contribution in [3.8, 4) is 0 Å². The van der Waals surface area contributed by atoms with Gasteiger partial charge in [-0.05, 0) is 37.6 Å². The van der Waals surface area contributed by atoms with Gasteiger partial charge in [0.25, 0.3) is 0 Å². The first-order valence-electron chi connectivity index (χ1n) is 6.10. The maximum absolute atomic E-state index is 12.0. The highest BCUT2D eigenvalue weighted by Gasteiger charge is 2.11. The number of nitrogens with two attached hydrogens (primary N) is 1. The molecule has 0 saturated carbocycles. The fraction of sp³-hybridized carbons (Fsp3) is 0.133. The lowest BCUT2D eigenvalue weighted by molar-refractivity contribution is 0.0515. The van der Waals surface area contributed by atoms with Gasteiger partial charge in [-0.2, -0.15) is 0 Å². The minimum atomic E-state index is -0.525. The van der Waals surface area contributed by atoms with Crippen LogP contribution < -0.4 is 5.73 Å². The van der Waals surface area contributed by atoms with Crippen LogP contribution in [0.2, 0.25) is 0 Å². The standard InChI is InChI=1S/C15H15N3O2/c1-10-3-4-11(2)13(9-10)15(19)20-18-14(16)12-5-7-17-8-6-12/h3-9H,1-2H3,(H2,16,18). The zero-order chi connectivity index (χ0) is 14.5. The minimum Gasteiger partial charge on any atom is -0.380 e. The Labute approximate surface area is 117 Å². The Kier molecular flexibility index (Phi) is 4.10. The van der Waals surface area contributed by atoms with Crippen molar-refractivity contribution >= 4 is 11.8 Å². The maximum Gasteiger partial charge on any atom is 0.366 e. The molecule has 0 atom stereocenters. The van der Waals surface area contributed by atoms with E-state index in [1.54, 1.807) is 30.6 Å². The average Bonchev–Trinajstić information content (AvgIpc) is 2.47. The number of aryl methyl sites for hydroxylation is 2. The molecular weight excluding hydrogens is 254 g/mol. The Morgan fingerprint density at radius 2 is 1.90 bits per heavy atom. The van der Waals surface area contributed by atoms with Crippen LogP contribution in [0.3, 0.4) is 0 Å². The van der Waals surface area contributed by atoms with Crippen molar-refractivity contribution < 1.29 is 9.63 Å². The summed E-state index contributed by atoms with van der Waals surface area (Å²) in [6.45, 7) is 3.75. The van der Waals surface area contributed by atoms with Crippen molar-refractivity contribution in [1.82, 2.24) is 4.98 Å². The van der Waals surface area contributed by atoms with Crippen molar-refractivity contribution in [3.63, 3.8) is 0 Å². The lowest BCUT2D eigenvalue weighted by Gasteiger charge is -2.04. The van der Waals surface area contributed by atoms with E-state index in [-0.39, 0.29) is 5.84 Å². The lowest BCUT2D eigenvalue weighted by Crippen LogP contribution is -2.15. The predicted molar refractivity (Wildman–Crippen MR) is 76.3 cm³/mol. The summed E-state index contributed by atoms with van der Waals surface area (Å²) in [4.78, 5) is 20.7. The third kappa shape index (κ3) is 3.20. The van der Waals surface area contributed by atoms with E-state index < -0.39 is 5.97 Å². The molecule has 0 aliphatic heterocycles. The van der Waals surface area contributed by atoms with Crippen LogP contribution in [0.1, 0.15) is 27.0 Å². The SMILES string of the molecule is Cc1ccc(C)c(C(=O)O/N=C(/N)c2ccncc2)c1. The van der Waals surface area contributed by atoms with Gasteiger partial charge in [-0.1, -0.05) is 22.9 Å². The van der Waals surface area contributed by atoms with Crippen LogP contribution in [-0.2, 0) is 4.84 Å². The number of hydrogen-bond acceptors (Lipinski definition) is 4. The Morgan fingerprint density at radius 3 is 2.60 bits per heavy atom. The van der Waals surface area contributed by atoms with Gasteiger partial charge in [0, 0.05) is 18.0 Å². The number of carbonyl (C=O) groups excluding carboxylic acids is 1. The second-order valence-corrected chi connectivity index (χ2v) is 4.41. The second-order valence-electron chi connectivity index (χ2n) is 4.41. The molecule has 2 rings (SSSR count). The topological polar surface area (TPSA) is 77.6 Å². The van der Waals surface area contributed by atoms with Crippen molar-refractivity contribution in [2.45, 2.75) is 13.8 Å². The van der Waals surface area contributed by atoms with E-state index in [0.717, 1.165) is 11.1 Å². The van der Waals surface area contributed by atoms with Gasteiger partial charge in [0.1, 0.15) is 0 Å². The number of rotatable bonds is 3. The van der Waals surface area contributed by atoms with Crippen LogP contribution in [0.25, 0.3) is 0 Å². The third-order valence-corrected chi connectivity index (χ3v) is 2.82. The van der Waals surface area contributed by atoms with E-state index in [0.29, 0.717) is 11.1 Å². The summed E-state index contributed by atoms with van der Waals surface area (Å²) in [7, 11) is 0. The van der Waals surface area contributed by atoms with Gasteiger partial charge in [-0.3, -0.25) is 4.98 Å². The maximum atomic E-state index is 12.0. The highest BCUT2D eigenvalue weighted by Crippen LogP contribution is 2.12. The van der Waals surface area contributed by atoms with Crippen LogP contribution in [-0.4, -0.2) is 16.8 Å². The first-order chi connectivity index (χ1) is 9.58. The Bertz CT molecular complexity index is 651. The molecule has 5 heteroatoms. The molecular formula is C15H15N3O2. The molecule has 102 valence electrons. The van der Waals surface area contributed by atoms with Gasteiger partial charge in [0.15, 0.2) is 5.84 Å². The number of aromatic nitrogens is 1. The smallest absolute Gasteiger partial charge is 0.366 e. The molecule has 0 saturated heterocycles. The predicted octanol–water partition coefficient (Wildman–Crippen LogP) is 2.18. The molecule has 0 bridgehead atoms. The van der Waals surface area contributed by atoms with Gasteiger partial charge in [-0.15, -0.1) is 0 Å². The minimum absolute atomic E-state index is 0.131. The summed E-state index contributed by atoms with van der Waals surface area (Å²) in [5, 5.41) is 3.66. The highest BCUT2D eigenvalue weighted by atomic mass is 16.7. The lowest BCUT2D eigenvalue weighted by atomic mass is 10.1. The molecule has 0 fully saturated rings. The van der Waals surface area contributed by atoms with Crippen molar-refractivity contribution in [2.24, 2.45) is 10.9 Å². The molecule has 20 heavy (non-hydrogen) atoms. The molecule has 1 aromatic carbocycles. The largest absolute Gasteiger partial charge is 0.380 e. The molecule has 2 N–H and O–H groups in total. The molecule has 0 unspecified atom stereocenters. The van der Waals surface area contributed by atoms with Crippen LogP contribution in [0.15, 0.2) is 47.9 Å². The fourth-order valence-electron chi connectivity index (χ4n) is 1.67. The van der Waals surface area contributed by atoms with Crippen molar-refractivity contribution in [3.05, 3.63) is 65.0 Å². The van der Waals surface area contributed by atoms with Crippen LogP contribution in [0.5, 0.6) is 0 Å². The van der Waals surface area contributed by atoms with Gasteiger partial charge < -0.3 is 10.6 Å². The highest BCUT2D eigenvalue weighted by molar-refractivity contribution is 5.98. The number of amidine groups is 1. The van der Waals surface area contributed by atoms with Gasteiger partial charge in [0.05, 0.1) is 5.56 Å². The molecule has 0 amide bonds. The molecule has 0 spiro atoms. The third-order valence-electron chi connectivity index (χ3n) is 2.82. The number of carbonyl (C=O) groups is 1. The summed E-state index contributed by atoms with van der Waals surface area (Å²) in [6, 6.07) is 8.92. The monoisotopic (exact) mass is 269 g/mol. The normalized spacial score (nSPS) is 11.2. The Hall–Kier alpha value is -2.69. The first kappa shape index (κ1) is 13.7. The van der Waals surface area contributed by atoms with Crippen LogP contribution >= 0.6 is 0 Å². The molecule has 2 aromatic rings. The summed E-state index contributed by atoms with van der Waals surface area (Å²) >= 11 is 0. The van der Waals surface area contributed by atoms with Gasteiger partial charge >= 0.3 is 5.97 Å². The van der Waals surface area contributed by atoms with E-state index >= 15 is 0 Å². The zero-order valence-electron chi connectivity index (χ0n) is 11.3. The first-order valence-corrected chi connectivity index (χ1v) is 6.10. The van der Waals surface area contributed by atoms with E-state index in [1.807, 2.05) is 26.0 Å². The Balaban J connectivity index is 2.14. The summed E-state index contributed by atoms with van der Waals surface area (Å²) in [5.74, 6) is -0.394. The van der Waals surface area contributed by atoms with Crippen LogP contribution in [0.4, 0.5) is 0 Å². The molecule has 1 heterocycles. The van der Waals surface area contributed by atoms with E-state index in [2.05, 4.69) is 10.1 Å². The molecule has 0 radical (unpaired) electrons. The molecule has 5 nitrogen and oxygen atoms in total. The summed E-state index contributed by atoms with van der Waals surface area (Å²) < 4.78 is 0. The Morgan fingerprint density at radius 1 is 1.20 bits per heavy atom. The van der Waals surface area contributed by atoms with E-state index in [1.165, 1.54) is 0 Å². The van der Waals surface area contributed by atoms with E-state index in [4.69, 9.17) is 10.6 Å². The average molecular weight is 269 g/mol. The van der Waals surface area contributed by atoms with E-state index in [9.17, 15) is 4.79 Å². The van der Waals surface area contributed by atoms with Crippen molar-refractivity contribution in [2.75, 3.05) is 0 Å². The summed E-state index contributed by atoms with van der Waals surface area (Å²) in [5.41, 5.74) is 8.68. The molecule has 1 aromatic heterocycles.